The Labute approximate surface area is 447 Å². The van der Waals surface area contributed by atoms with Crippen molar-refractivity contribution in [3.63, 3.8) is 0 Å². The first-order valence-electron chi connectivity index (χ1n) is 32.0. The van der Waals surface area contributed by atoms with Gasteiger partial charge in [0.2, 0.25) is 0 Å². The molecule has 1 aromatic carbocycles. The number of carbonyl (C=O) groups is 2. The van der Waals surface area contributed by atoms with E-state index in [1.807, 2.05) is 0 Å². The van der Waals surface area contributed by atoms with Crippen molar-refractivity contribution < 1.29 is 24.2 Å². The summed E-state index contributed by atoms with van der Waals surface area (Å²) in [7, 11) is 0. The summed E-state index contributed by atoms with van der Waals surface area (Å²) in [4.78, 5) is 38.1. The molecular formula is C67H87N3O5. The van der Waals surface area contributed by atoms with Gasteiger partial charge >= 0.3 is 11.9 Å². The molecule has 20 rings (SSSR count). The van der Waals surface area contributed by atoms with Crippen molar-refractivity contribution >= 4 is 11.9 Å². The van der Waals surface area contributed by atoms with Crippen molar-refractivity contribution in [3.05, 3.63) is 81.0 Å². The number of fused-ring (bicyclic) bond motifs is 5. The first-order chi connectivity index (χ1) is 36.6. The van der Waals surface area contributed by atoms with Crippen molar-refractivity contribution in [2.24, 2.45) is 92.0 Å². The largest absolute Gasteiger partial charge is 0.509 e. The topological polar surface area (TPSA) is 105 Å². The Morgan fingerprint density at radius 2 is 1.60 bits per heavy atom. The highest BCUT2D eigenvalue weighted by molar-refractivity contribution is 6.00. The third-order valence-electron chi connectivity index (χ3n) is 27.6. The van der Waals surface area contributed by atoms with Crippen molar-refractivity contribution in [2.45, 2.75) is 204 Å². The minimum Gasteiger partial charge on any atom is -0.509 e. The van der Waals surface area contributed by atoms with E-state index >= 15 is 9.59 Å². The van der Waals surface area contributed by atoms with Crippen molar-refractivity contribution in [2.75, 3.05) is 26.2 Å². The zero-order valence-electron chi connectivity index (χ0n) is 45.5. The summed E-state index contributed by atoms with van der Waals surface area (Å²) in [5.74, 6) is 4.19. The normalized spacial score (nSPS) is 46.9. The molecular weight excluding hydrogens is 927 g/mol. The lowest BCUT2D eigenvalue weighted by molar-refractivity contribution is -0.282. The van der Waals surface area contributed by atoms with Gasteiger partial charge in [0, 0.05) is 61.2 Å². The smallest absolute Gasteiger partial charge is 0.339 e. The van der Waals surface area contributed by atoms with Gasteiger partial charge in [-0.2, -0.15) is 0 Å². The quantitative estimate of drug-likeness (QED) is 0.222. The molecule has 0 amide bonds. The molecule has 75 heavy (non-hydrogen) atoms. The summed E-state index contributed by atoms with van der Waals surface area (Å²) in [6.07, 6.45) is 38.6. The molecule has 8 heteroatoms. The summed E-state index contributed by atoms with van der Waals surface area (Å²) in [6.45, 7) is 6.50. The summed E-state index contributed by atoms with van der Waals surface area (Å²) in [5.41, 5.74) is 13.3. The SMILES string of the molecule is CC1CC2=C3C4C5=C6C(C=CC(C7CCCC7)CC7C68C(=O)OC(=C(O)CC(C6CC9(CCCC9)C9(CCCC9%10CCCC%10)C6)N6CC9CC(C6)C(CC2)N3C9)C8(CC5)C72OC(=O)c3c(CCCN)cccc32)CC14. The number of ether oxygens (including phenoxy) is 2. The number of allylic oxidation sites excluding steroid dienone is 4. The highest BCUT2D eigenvalue weighted by Gasteiger charge is 2.94. The lowest BCUT2D eigenvalue weighted by Crippen LogP contribution is -2.78. The second-order valence-corrected chi connectivity index (χ2v) is 29.6. The molecule has 19 aliphatic rings. The zero-order chi connectivity index (χ0) is 50.0. The van der Waals surface area contributed by atoms with Gasteiger partial charge < -0.3 is 25.2 Å². The van der Waals surface area contributed by atoms with Gasteiger partial charge in [0.1, 0.15) is 11.2 Å². The number of carbonyl (C=O) groups excluding carboxylic acids is 2. The predicted molar refractivity (Wildman–Crippen MR) is 288 cm³/mol. The molecule has 3 N–H and O–H groups in total. The van der Waals surface area contributed by atoms with Gasteiger partial charge in [0.15, 0.2) is 11.4 Å². The van der Waals surface area contributed by atoms with Gasteiger partial charge in [0.25, 0.3) is 0 Å². The molecule has 12 bridgehead atoms. The van der Waals surface area contributed by atoms with Crippen LogP contribution in [-0.2, 0) is 26.3 Å². The Morgan fingerprint density at radius 1 is 0.787 bits per heavy atom. The fourth-order valence-electron chi connectivity index (χ4n) is 25.6. The molecule has 6 saturated carbocycles. The Hall–Kier alpha value is -3.36. The van der Waals surface area contributed by atoms with Crippen LogP contribution in [-0.4, -0.2) is 65.1 Å². The maximum Gasteiger partial charge on any atom is 0.339 e. The Balaban J connectivity index is 0.919. The summed E-state index contributed by atoms with van der Waals surface area (Å²) < 4.78 is 14.8. The lowest BCUT2D eigenvalue weighted by atomic mass is 9.27. The molecule has 9 aliphatic heterocycles. The highest BCUT2D eigenvalue weighted by atomic mass is 16.6. The minimum atomic E-state index is -1.13. The van der Waals surface area contributed by atoms with E-state index in [1.165, 1.54) is 140 Å². The maximum atomic E-state index is 16.7. The number of esters is 2. The number of aryl methyl sites for hydroxylation is 1. The molecule has 0 radical (unpaired) electrons. The number of aliphatic hydroxyl groups is 1. The molecule has 16 unspecified atom stereocenters. The van der Waals surface area contributed by atoms with Gasteiger partial charge in [-0.05, 0) is 210 Å². The average molecular weight is 1010 g/mol. The highest BCUT2D eigenvalue weighted by Crippen LogP contribution is 2.89. The van der Waals surface area contributed by atoms with Crippen LogP contribution < -0.4 is 5.73 Å². The lowest BCUT2D eigenvalue weighted by Gasteiger charge is -2.73. The van der Waals surface area contributed by atoms with Crippen molar-refractivity contribution in [1.82, 2.24) is 9.80 Å². The molecule has 10 aliphatic carbocycles. The van der Waals surface area contributed by atoms with Crippen LogP contribution in [0, 0.1) is 86.3 Å². The van der Waals surface area contributed by atoms with E-state index in [1.54, 1.807) is 16.8 Å². The van der Waals surface area contributed by atoms with Crippen LogP contribution in [0.15, 0.2) is 64.3 Å². The summed E-state index contributed by atoms with van der Waals surface area (Å²) in [6, 6.07) is 7.22. The number of nitrogens with zero attached hydrogens (tertiary/aromatic N) is 2. The summed E-state index contributed by atoms with van der Waals surface area (Å²) >= 11 is 0. The van der Waals surface area contributed by atoms with E-state index in [4.69, 9.17) is 15.2 Å². The predicted octanol–water partition coefficient (Wildman–Crippen LogP) is 13.2. The van der Waals surface area contributed by atoms with Crippen LogP contribution in [0.4, 0.5) is 0 Å². The second-order valence-electron chi connectivity index (χ2n) is 29.6. The van der Waals surface area contributed by atoms with Crippen LogP contribution in [0.5, 0.6) is 0 Å². The molecule has 0 aromatic heterocycles. The number of nitrogens with two attached hydrogens (primary N) is 1. The first-order valence-corrected chi connectivity index (χ1v) is 32.0. The van der Waals surface area contributed by atoms with Gasteiger partial charge in [0.05, 0.1) is 11.0 Å². The molecule has 400 valence electrons. The van der Waals surface area contributed by atoms with E-state index in [0.717, 1.165) is 56.4 Å². The van der Waals surface area contributed by atoms with E-state index in [2.05, 4.69) is 47.1 Å². The van der Waals surface area contributed by atoms with Gasteiger partial charge in [-0.1, -0.05) is 93.4 Å². The molecule has 1 aromatic rings. The van der Waals surface area contributed by atoms with Crippen molar-refractivity contribution in [3.8, 4) is 0 Å². The minimum absolute atomic E-state index is 0.110. The molecule has 16 atom stereocenters. The third kappa shape index (κ3) is 5.47. The fourth-order valence-corrected chi connectivity index (χ4v) is 25.6. The fraction of sp³-hybridized carbons (Fsp3) is 0.761. The van der Waals surface area contributed by atoms with Crippen LogP contribution in [0.2, 0.25) is 0 Å². The number of hydrogen-bond acceptors (Lipinski definition) is 8. The molecule has 3 saturated heterocycles. The maximum absolute atomic E-state index is 16.7. The monoisotopic (exact) mass is 1010 g/mol. The zero-order valence-corrected chi connectivity index (χ0v) is 45.5. The van der Waals surface area contributed by atoms with Crippen molar-refractivity contribution in [1.29, 1.82) is 0 Å². The van der Waals surface area contributed by atoms with Gasteiger partial charge in [-0.25, -0.2) is 4.79 Å². The van der Waals surface area contributed by atoms with Crippen LogP contribution in [0.3, 0.4) is 0 Å². The van der Waals surface area contributed by atoms with Gasteiger partial charge in [-0.3, -0.25) is 9.69 Å². The Bertz CT molecular complexity index is 2780. The van der Waals surface area contributed by atoms with Crippen LogP contribution in [0.1, 0.15) is 202 Å². The van der Waals surface area contributed by atoms with E-state index in [0.29, 0.717) is 107 Å². The molecule has 6 spiro atoms. The number of benzene rings is 1. The number of rotatable bonds is 5. The Kier molecular flexibility index (Phi) is 9.89. The van der Waals surface area contributed by atoms with Crippen LogP contribution in [0.25, 0.3) is 0 Å². The summed E-state index contributed by atoms with van der Waals surface area (Å²) in [5, 5.41) is 14.1. The van der Waals surface area contributed by atoms with Gasteiger partial charge in [-0.15, -0.1) is 0 Å². The van der Waals surface area contributed by atoms with E-state index < -0.39 is 16.4 Å². The number of piperidine rings is 2. The third-order valence-corrected chi connectivity index (χ3v) is 27.6. The van der Waals surface area contributed by atoms with E-state index in [9.17, 15) is 5.11 Å². The number of aliphatic hydroxyl groups excluding tert-OH is 1. The first kappa shape index (κ1) is 46.5. The van der Waals surface area contributed by atoms with E-state index in [-0.39, 0.29) is 35.7 Å². The van der Waals surface area contributed by atoms with Crippen LogP contribution >= 0.6 is 0 Å². The average Bonchev–Trinajstić information content (AvgIpc) is 3.28. The second kappa shape index (κ2) is 15.9. The molecule has 9 fully saturated rings. The number of hydrogen-bond donors (Lipinski definition) is 2. The standard InChI is InChI=1S/C67H87N3O5/c1-39-29-45-18-19-51-46-30-40-36-69(38-46)52(47-34-63(23-6-7-24-63)64(35-47)26-10-25-62(64)21-4-5-22-62)33-53(71)59-65-27-20-48-56(58(45)70(51)37-40)49(39)31-44-17-16-43(41-11-2-3-12-41)32-54(66(65,57(44)48)61(73)74-59)67(65)50-15-8-13-42(14-9-28-68)55(50)60(72)75-67/h8,13,15-17,39-41,43-44,46-47,49,51-52,54,56,71H,2-7,9-12,14,18-38,68H2,1H3. The Morgan fingerprint density at radius 3 is 2.43 bits per heavy atom. The molecule has 8 nitrogen and oxygen atoms in total. The molecule has 9 heterocycles.